The topological polar surface area (TPSA) is 82.5 Å². The number of benzene rings is 2. The average molecular weight is 490 g/mol. The van der Waals surface area contributed by atoms with E-state index in [1.807, 2.05) is 13.0 Å². The molecule has 0 unspecified atom stereocenters. The Hall–Kier alpha value is -2.52. The molecule has 1 aliphatic heterocycles. The lowest BCUT2D eigenvalue weighted by Gasteiger charge is -2.19. The minimum Gasteiger partial charge on any atom is -0.486 e. The van der Waals surface area contributed by atoms with E-state index in [4.69, 9.17) is 9.47 Å². The number of rotatable bonds is 6. The van der Waals surface area contributed by atoms with Gasteiger partial charge in [0.05, 0.1) is 16.7 Å². The van der Waals surface area contributed by atoms with Crippen molar-refractivity contribution in [1.82, 2.24) is 9.55 Å². The maximum atomic E-state index is 12.9. The summed E-state index contributed by atoms with van der Waals surface area (Å²) in [6, 6.07) is 10.7. The molecule has 0 radical (unpaired) electrons. The molecule has 0 fully saturated rings. The number of carbonyl (C=O) groups is 1. The second-order valence-electron chi connectivity index (χ2n) is 6.71. The summed E-state index contributed by atoms with van der Waals surface area (Å²) in [6.07, 6.45) is 0.790. The van der Waals surface area contributed by atoms with E-state index in [1.54, 1.807) is 34.9 Å². The molecule has 156 valence electrons. The predicted octanol–water partition coefficient (Wildman–Crippen LogP) is 4.07. The number of anilines is 1. The van der Waals surface area contributed by atoms with Crippen LogP contribution in [0, 0.1) is 0 Å². The van der Waals surface area contributed by atoms with Crippen LogP contribution in [0.4, 0.5) is 5.69 Å². The van der Waals surface area contributed by atoms with Crippen molar-refractivity contribution in [3.63, 3.8) is 0 Å². The third-order valence-corrected chi connectivity index (χ3v) is 5.96. The number of hydrogen-bond acceptors (Lipinski definition) is 6. The third-order valence-electron chi connectivity index (χ3n) is 4.49. The summed E-state index contributed by atoms with van der Waals surface area (Å²) in [6.45, 7) is 3.55. The fourth-order valence-corrected chi connectivity index (χ4v) is 4.34. The maximum Gasteiger partial charge on any atom is 0.262 e. The Morgan fingerprint density at radius 3 is 2.80 bits per heavy atom. The van der Waals surface area contributed by atoms with Gasteiger partial charge in [0.15, 0.2) is 16.7 Å². The van der Waals surface area contributed by atoms with Crippen molar-refractivity contribution in [1.29, 1.82) is 0 Å². The van der Waals surface area contributed by atoms with Gasteiger partial charge >= 0.3 is 0 Å². The van der Waals surface area contributed by atoms with Crippen LogP contribution in [0.3, 0.4) is 0 Å². The van der Waals surface area contributed by atoms with E-state index in [-0.39, 0.29) is 17.2 Å². The molecule has 0 atom stereocenters. The second-order valence-corrected chi connectivity index (χ2v) is 8.57. The Morgan fingerprint density at radius 2 is 2.00 bits per heavy atom. The Morgan fingerprint density at radius 1 is 1.20 bits per heavy atom. The molecule has 30 heavy (non-hydrogen) atoms. The molecule has 3 aromatic rings. The highest BCUT2D eigenvalue weighted by Crippen LogP contribution is 2.32. The molecule has 0 spiro atoms. The smallest absolute Gasteiger partial charge is 0.262 e. The third kappa shape index (κ3) is 4.46. The summed E-state index contributed by atoms with van der Waals surface area (Å²) in [5, 5.41) is 3.95. The van der Waals surface area contributed by atoms with Crippen molar-refractivity contribution < 1.29 is 14.3 Å². The Balaban J connectivity index is 1.51. The highest BCUT2D eigenvalue weighted by molar-refractivity contribution is 9.10. The van der Waals surface area contributed by atoms with Crippen LogP contribution >= 0.6 is 27.7 Å². The average Bonchev–Trinajstić information content (AvgIpc) is 2.75. The standard InChI is InChI=1S/C21H20BrN3O4S/c1-2-7-25-20(27)15-10-13(22)3-5-16(15)24-21(25)30-12-19(26)23-14-4-6-17-18(11-14)29-9-8-28-17/h3-6,10-11H,2,7-9,12H2,1H3,(H,23,26). The summed E-state index contributed by atoms with van der Waals surface area (Å²) in [4.78, 5) is 30.0. The fourth-order valence-electron chi connectivity index (χ4n) is 3.15. The van der Waals surface area contributed by atoms with Gasteiger partial charge in [-0.2, -0.15) is 0 Å². The number of nitrogens with zero attached hydrogens (tertiary/aromatic N) is 2. The molecular weight excluding hydrogens is 470 g/mol. The van der Waals surface area contributed by atoms with E-state index in [9.17, 15) is 9.59 Å². The van der Waals surface area contributed by atoms with E-state index >= 15 is 0 Å². The number of carbonyl (C=O) groups excluding carboxylic acids is 1. The number of halogens is 1. The van der Waals surface area contributed by atoms with E-state index < -0.39 is 0 Å². The number of fused-ring (bicyclic) bond motifs is 2. The predicted molar refractivity (Wildman–Crippen MR) is 121 cm³/mol. The molecule has 2 heterocycles. The van der Waals surface area contributed by atoms with Gasteiger partial charge in [0.2, 0.25) is 5.91 Å². The van der Waals surface area contributed by atoms with Crippen LogP contribution in [0.2, 0.25) is 0 Å². The lowest BCUT2D eigenvalue weighted by atomic mass is 10.2. The molecule has 2 aromatic carbocycles. The van der Waals surface area contributed by atoms with Gasteiger partial charge in [-0.15, -0.1) is 0 Å². The van der Waals surface area contributed by atoms with Gasteiger partial charge in [-0.25, -0.2) is 4.98 Å². The second kappa shape index (κ2) is 9.09. The number of thioether (sulfide) groups is 1. The minimum atomic E-state index is -0.190. The number of hydrogen-bond donors (Lipinski definition) is 1. The van der Waals surface area contributed by atoms with E-state index in [0.717, 1.165) is 10.9 Å². The molecule has 0 saturated heterocycles. The zero-order valence-corrected chi connectivity index (χ0v) is 18.7. The van der Waals surface area contributed by atoms with Gasteiger partial charge in [0.25, 0.3) is 5.56 Å². The quantitative estimate of drug-likeness (QED) is 0.415. The summed E-state index contributed by atoms with van der Waals surface area (Å²) in [5.41, 5.74) is 1.15. The van der Waals surface area contributed by atoms with Crippen LogP contribution in [-0.2, 0) is 11.3 Å². The first-order valence-corrected chi connectivity index (χ1v) is 11.4. The van der Waals surface area contributed by atoms with Crippen LogP contribution in [0.1, 0.15) is 13.3 Å². The van der Waals surface area contributed by atoms with Gasteiger partial charge in [-0.3, -0.25) is 14.2 Å². The number of ether oxygens (including phenoxy) is 2. The van der Waals surface area contributed by atoms with E-state index in [1.165, 1.54) is 11.8 Å². The zero-order valence-electron chi connectivity index (χ0n) is 16.3. The maximum absolute atomic E-state index is 12.9. The Bertz CT molecular complexity index is 1160. The molecule has 1 aliphatic rings. The van der Waals surface area contributed by atoms with Gasteiger partial charge in [-0.05, 0) is 36.8 Å². The monoisotopic (exact) mass is 489 g/mol. The molecule has 4 rings (SSSR count). The zero-order chi connectivity index (χ0) is 21.1. The van der Waals surface area contributed by atoms with Crippen LogP contribution in [-0.4, -0.2) is 34.4 Å². The van der Waals surface area contributed by atoms with Crippen LogP contribution in [0.15, 0.2) is 50.8 Å². The first kappa shape index (κ1) is 20.7. The molecule has 0 saturated carbocycles. The lowest BCUT2D eigenvalue weighted by Crippen LogP contribution is -2.24. The van der Waals surface area contributed by atoms with Crippen molar-refractivity contribution in [2.75, 3.05) is 24.3 Å². The van der Waals surface area contributed by atoms with E-state index in [2.05, 4.69) is 26.2 Å². The molecule has 9 heteroatoms. The molecule has 0 bridgehead atoms. The van der Waals surface area contributed by atoms with Gasteiger partial charge in [-0.1, -0.05) is 34.6 Å². The molecule has 1 aromatic heterocycles. The van der Waals surface area contributed by atoms with Crippen LogP contribution in [0.25, 0.3) is 10.9 Å². The minimum absolute atomic E-state index is 0.0992. The molecular formula is C21H20BrN3O4S. The Labute approximate surface area is 185 Å². The molecule has 1 amide bonds. The highest BCUT2D eigenvalue weighted by atomic mass is 79.9. The molecule has 1 N–H and O–H groups in total. The van der Waals surface area contributed by atoms with Crippen LogP contribution < -0.4 is 20.3 Å². The van der Waals surface area contributed by atoms with Gasteiger partial charge in [0.1, 0.15) is 13.2 Å². The number of aromatic nitrogens is 2. The summed E-state index contributed by atoms with van der Waals surface area (Å²) in [5.74, 6) is 1.23. The summed E-state index contributed by atoms with van der Waals surface area (Å²) >= 11 is 4.65. The first-order valence-electron chi connectivity index (χ1n) is 9.57. The molecule has 7 nitrogen and oxygen atoms in total. The van der Waals surface area contributed by atoms with Crippen molar-refractivity contribution >= 4 is 50.2 Å². The summed E-state index contributed by atoms with van der Waals surface area (Å²) < 4.78 is 13.5. The van der Waals surface area contributed by atoms with Crippen molar-refractivity contribution in [2.24, 2.45) is 0 Å². The van der Waals surface area contributed by atoms with Crippen LogP contribution in [0.5, 0.6) is 11.5 Å². The number of amides is 1. The first-order chi connectivity index (χ1) is 14.5. The van der Waals surface area contributed by atoms with Crippen molar-refractivity contribution in [3.8, 4) is 11.5 Å². The van der Waals surface area contributed by atoms with Gasteiger partial charge < -0.3 is 14.8 Å². The highest BCUT2D eigenvalue weighted by Gasteiger charge is 2.15. The van der Waals surface area contributed by atoms with Crippen molar-refractivity contribution in [3.05, 3.63) is 51.2 Å². The van der Waals surface area contributed by atoms with Gasteiger partial charge in [0, 0.05) is 22.8 Å². The number of nitrogens with one attached hydrogen (secondary N) is 1. The lowest BCUT2D eigenvalue weighted by molar-refractivity contribution is -0.113. The normalized spacial score (nSPS) is 12.7. The Kier molecular flexibility index (Phi) is 6.29. The largest absolute Gasteiger partial charge is 0.486 e. The summed E-state index contributed by atoms with van der Waals surface area (Å²) in [7, 11) is 0. The fraction of sp³-hybridized carbons (Fsp3) is 0.286. The van der Waals surface area contributed by atoms with E-state index in [0.29, 0.717) is 53.0 Å². The van der Waals surface area contributed by atoms with Crippen molar-refractivity contribution in [2.45, 2.75) is 25.0 Å². The molecule has 0 aliphatic carbocycles. The SMILES string of the molecule is CCCn1c(SCC(=O)Nc2ccc3c(c2)OCCO3)nc2ccc(Br)cc2c1=O.